The Morgan fingerprint density at radius 3 is 2.59 bits per heavy atom. The molecule has 1 aromatic heterocycles. The molecule has 0 unspecified atom stereocenters. The number of aliphatic hydroxyl groups is 1. The summed E-state index contributed by atoms with van der Waals surface area (Å²) in [6.07, 6.45) is 6.85. The highest BCUT2D eigenvalue weighted by molar-refractivity contribution is 7.92. The second kappa shape index (κ2) is 9.71. The van der Waals surface area contributed by atoms with Crippen molar-refractivity contribution < 1.29 is 23.2 Å². The van der Waals surface area contributed by atoms with Gasteiger partial charge in [0.05, 0.1) is 30.5 Å². The summed E-state index contributed by atoms with van der Waals surface area (Å²) in [6.45, 7) is 1.86. The first-order valence-electron chi connectivity index (χ1n) is 11.1. The van der Waals surface area contributed by atoms with Crippen molar-refractivity contribution in [1.29, 1.82) is 0 Å². The largest absolute Gasteiger partial charge is 0.494 e. The van der Waals surface area contributed by atoms with Crippen molar-refractivity contribution >= 4 is 37.8 Å². The van der Waals surface area contributed by atoms with Gasteiger partial charge in [0, 0.05) is 39.3 Å². The zero-order valence-electron chi connectivity index (χ0n) is 19.7. The fraction of sp³-hybridized carbons (Fsp3) is 0.417. The zero-order chi connectivity index (χ0) is 24.5. The molecular weight excluding hydrogens is 459 g/mol. The normalized spacial score (nSPS) is 18.5. The molecule has 2 aromatic carbocycles. The maximum atomic E-state index is 14.1. The van der Waals surface area contributed by atoms with Crippen LogP contribution in [-0.4, -0.2) is 51.1 Å². The molecule has 0 radical (unpaired) electrons. The van der Waals surface area contributed by atoms with Crippen LogP contribution in [0.3, 0.4) is 0 Å². The minimum Gasteiger partial charge on any atom is -0.494 e. The third-order valence-corrected chi connectivity index (χ3v) is 6.39. The SMILES string of the molecule is COc1c(N=S(C)(C)=O)cc2ncnc(Nc3ccc(F)cc3OC3CCC(O)CC3)c2c1C. The van der Waals surface area contributed by atoms with E-state index in [4.69, 9.17) is 9.47 Å². The molecule has 10 heteroatoms. The summed E-state index contributed by atoms with van der Waals surface area (Å²) in [7, 11) is -0.881. The number of hydrogen-bond acceptors (Lipinski definition) is 8. The smallest absolute Gasteiger partial charge is 0.149 e. The molecule has 0 saturated heterocycles. The number of benzene rings is 2. The average Bonchev–Trinajstić information content (AvgIpc) is 2.76. The number of halogens is 1. The van der Waals surface area contributed by atoms with Crippen molar-refractivity contribution in [3.8, 4) is 11.5 Å². The van der Waals surface area contributed by atoms with Gasteiger partial charge in [-0.25, -0.2) is 18.6 Å². The highest BCUT2D eigenvalue weighted by Gasteiger charge is 2.23. The summed E-state index contributed by atoms with van der Waals surface area (Å²) in [4.78, 5) is 8.79. The van der Waals surface area contributed by atoms with Crippen LogP contribution < -0.4 is 14.8 Å². The Morgan fingerprint density at radius 2 is 1.91 bits per heavy atom. The van der Waals surface area contributed by atoms with Gasteiger partial charge in [0.2, 0.25) is 0 Å². The Kier molecular flexibility index (Phi) is 6.90. The topological polar surface area (TPSA) is 106 Å². The van der Waals surface area contributed by atoms with Crippen molar-refractivity contribution in [1.82, 2.24) is 9.97 Å². The molecule has 1 heterocycles. The van der Waals surface area contributed by atoms with Gasteiger partial charge in [-0.3, -0.25) is 0 Å². The lowest BCUT2D eigenvalue weighted by molar-refractivity contribution is 0.0668. The second-order valence-corrected chi connectivity index (χ2v) is 11.3. The van der Waals surface area contributed by atoms with Crippen molar-refractivity contribution in [2.24, 2.45) is 4.36 Å². The molecule has 34 heavy (non-hydrogen) atoms. The highest BCUT2D eigenvalue weighted by Crippen LogP contribution is 2.41. The standard InChI is InChI=1S/C24H29FN4O4S/c1-14-22-19(12-20(23(14)32-2)29-34(3,4)31)26-13-27-24(22)28-18-10-5-15(25)11-21(18)33-17-8-6-16(30)7-9-17/h5,10-13,16-17,30H,6-9H2,1-4H3,(H,26,27,28). The van der Waals surface area contributed by atoms with E-state index in [1.54, 1.807) is 24.6 Å². The summed E-state index contributed by atoms with van der Waals surface area (Å²) >= 11 is 0. The van der Waals surface area contributed by atoms with Gasteiger partial charge >= 0.3 is 0 Å². The van der Waals surface area contributed by atoms with Crippen LogP contribution in [-0.2, 0) is 9.73 Å². The van der Waals surface area contributed by atoms with E-state index >= 15 is 0 Å². The molecule has 1 aliphatic rings. The minimum atomic E-state index is -2.41. The van der Waals surface area contributed by atoms with Crippen molar-refractivity contribution in [2.45, 2.75) is 44.8 Å². The molecule has 8 nitrogen and oxygen atoms in total. The monoisotopic (exact) mass is 488 g/mol. The summed E-state index contributed by atoms with van der Waals surface area (Å²) in [6, 6.07) is 6.03. The van der Waals surface area contributed by atoms with Gasteiger partial charge in [0.15, 0.2) is 0 Å². The van der Waals surface area contributed by atoms with Gasteiger partial charge in [-0.2, -0.15) is 4.36 Å². The number of nitrogens with one attached hydrogen (secondary N) is 1. The van der Waals surface area contributed by atoms with Gasteiger partial charge in [-0.1, -0.05) is 0 Å². The number of ether oxygens (including phenoxy) is 2. The second-order valence-electron chi connectivity index (χ2n) is 8.76. The van der Waals surface area contributed by atoms with Crippen LogP contribution in [0, 0.1) is 12.7 Å². The lowest BCUT2D eigenvalue weighted by Crippen LogP contribution is -2.26. The number of aliphatic hydroxyl groups excluding tert-OH is 1. The van der Waals surface area contributed by atoms with Crippen LogP contribution in [0.1, 0.15) is 31.2 Å². The molecule has 3 aromatic rings. The van der Waals surface area contributed by atoms with Crippen LogP contribution in [0.4, 0.5) is 21.6 Å². The van der Waals surface area contributed by atoms with E-state index in [1.807, 2.05) is 6.92 Å². The van der Waals surface area contributed by atoms with Crippen LogP contribution in [0.15, 0.2) is 35.0 Å². The zero-order valence-corrected chi connectivity index (χ0v) is 20.5. The number of methoxy groups -OCH3 is 1. The van der Waals surface area contributed by atoms with E-state index in [2.05, 4.69) is 19.6 Å². The van der Waals surface area contributed by atoms with E-state index in [0.717, 1.165) is 5.56 Å². The van der Waals surface area contributed by atoms with Gasteiger partial charge < -0.3 is 19.9 Å². The predicted molar refractivity (Wildman–Crippen MR) is 131 cm³/mol. The van der Waals surface area contributed by atoms with Crippen molar-refractivity contribution in [3.05, 3.63) is 42.0 Å². The molecule has 0 spiro atoms. The number of aryl methyl sites for hydroxylation is 1. The van der Waals surface area contributed by atoms with Crippen LogP contribution in [0.25, 0.3) is 10.9 Å². The van der Waals surface area contributed by atoms with E-state index < -0.39 is 15.5 Å². The molecule has 1 saturated carbocycles. The predicted octanol–water partition coefficient (Wildman–Crippen LogP) is 4.87. The van der Waals surface area contributed by atoms with Crippen LogP contribution >= 0.6 is 0 Å². The Labute approximate surface area is 198 Å². The Bertz CT molecular complexity index is 1320. The van der Waals surface area contributed by atoms with Gasteiger partial charge in [0.25, 0.3) is 0 Å². The summed E-state index contributed by atoms with van der Waals surface area (Å²) < 4.78 is 42.4. The lowest BCUT2D eigenvalue weighted by atomic mass is 9.95. The molecule has 1 fully saturated rings. The molecule has 182 valence electrons. The number of aromatic nitrogens is 2. The molecule has 0 bridgehead atoms. The first-order chi connectivity index (χ1) is 16.1. The van der Waals surface area contributed by atoms with Gasteiger partial charge in [0.1, 0.15) is 35.1 Å². The fourth-order valence-electron chi connectivity index (χ4n) is 4.20. The van der Waals surface area contributed by atoms with Gasteiger partial charge in [-0.15, -0.1) is 0 Å². The third kappa shape index (κ3) is 5.39. The Morgan fingerprint density at radius 1 is 1.18 bits per heavy atom. The van der Waals surface area contributed by atoms with Crippen molar-refractivity contribution in [3.63, 3.8) is 0 Å². The average molecular weight is 489 g/mol. The first-order valence-corrected chi connectivity index (χ1v) is 13.4. The van der Waals surface area contributed by atoms with Crippen LogP contribution in [0.5, 0.6) is 11.5 Å². The molecule has 0 amide bonds. The van der Waals surface area contributed by atoms with Crippen LogP contribution in [0.2, 0.25) is 0 Å². The molecule has 0 atom stereocenters. The van der Waals surface area contributed by atoms with E-state index in [-0.39, 0.29) is 12.2 Å². The number of hydrogen-bond donors (Lipinski definition) is 2. The third-order valence-electron chi connectivity index (χ3n) is 5.75. The number of nitrogens with zero attached hydrogens (tertiary/aromatic N) is 3. The molecule has 2 N–H and O–H groups in total. The van der Waals surface area contributed by atoms with Gasteiger partial charge in [-0.05, 0) is 50.8 Å². The van der Waals surface area contributed by atoms with E-state index in [9.17, 15) is 13.7 Å². The van der Waals surface area contributed by atoms with Crippen molar-refractivity contribution in [2.75, 3.05) is 24.9 Å². The Balaban J connectivity index is 1.75. The summed E-state index contributed by atoms with van der Waals surface area (Å²) in [5.74, 6) is 0.951. The molecular formula is C24H29FN4O4S. The maximum absolute atomic E-state index is 14.1. The number of fused-ring (bicyclic) bond motifs is 1. The molecule has 4 rings (SSSR count). The highest BCUT2D eigenvalue weighted by atomic mass is 32.2. The Hall–Kier alpha value is -2.98. The lowest BCUT2D eigenvalue weighted by Gasteiger charge is -2.27. The quantitative estimate of drug-likeness (QED) is 0.510. The number of rotatable bonds is 6. The minimum absolute atomic E-state index is 0.100. The maximum Gasteiger partial charge on any atom is 0.149 e. The first kappa shape index (κ1) is 24.2. The fourth-order valence-corrected chi connectivity index (χ4v) is 4.81. The molecule has 1 aliphatic carbocycles. The van der Waals surface area contributed by atoms with E-state index in [0.29, 0.717) is 65.3 Å². The van der Waals surface area contributed by atoms with E-state index in [1.165, 1.54) is 25.6 Å². The summed E-state index contributed by atoms with van der Waals surface area (Å²) in [5.41, 5.74) is 2.35. The number of anilines is 2. The molecule has 0 aliphatic heterocycles. The summed E-state index contributed by atoms with van der Waals surface area (Å²) in [5, 5.41) is 13.7.